The first kappa shape index (κ1) is 28.1. The maximum absolute atomic E-state index is 13.4. The predicted octanol–water partition coefficient (Wildman–Crippen LogP) is 4.41. The second kappa shape index (κ2) is 10.7. The van der Waals surface area contributed by atoms with Gasteiger partial charge in [0.15, 0.2) is 5.90 Å². The third-order valence-electron chi connectivity index (χ3n) is 6.37. The molecular weight excluding hydrogens is 522 g/mol. The Bertz CT molecular complexity index is 1470. The van der Waals surface area contributed by atoms with Gasteiger partial charge >= 0.3 is 12.1 Å². The van der Waals surface area contributed by atoms with E-state index in [-0.39, 0.29) is 29.6 Å². The van der Waals surface area contributed by atoms with Crippen LogP contribution in [-0.4, -0.2) is 32.1 Å². The molecule has 8 nitrogen and oxygen atoms in total. The highest BCUT2D eigenvalue weighted by atomic mass is 19.4. The lowest BCUT2D eigenvalue weighted by molar-refractivity contribution is -0.274. The summed E-state index contributed by atoms with van der Waals surface area (Å²) in [6.45, 7) is 3.07. The highest BCUT2D eigenvalue weighted by molar-refractivity contribution is 5.83. The Kier molecular flexibility index (Phi) is 7.69. The zero-order valence-corrected chi connectivity index (χ0v) is 21.5. The average Bonchev–Trinajstić information content (AvgIpc) is 3.60. The minimum atomic E-state index is -4.90. The van der Waals surface area contributed by atoms with Gasteiger partial charge in [-0.2, -0.15) is 4.99 Å². The summed E-state index contributed by atoms with van der Waals surface area (Å²) in [4.78, 5) is 30.6. The van der Waals surface area contributed by atoms with Crippen molar-refractivity contribution in [3.8, 4) is 11.5 Å². The minimum absolute atomic E-state index is 0.000412. The van der Waals surface area contributed by atoms with Crippen LogP contribution in [0.1, 0.15) is 30.9 Å². The number of benzene rings is 2. The van der Waals surface area contributed by atoms with E-state index in [4.69, 9.17) is 4.74 Å². The van der Waals surface area contributed by atoms with Crippen LogP contribution in [0.3, 0.4) is 0 Å². The Morgan fingerprint density at radius 3 is 2.38 bits per heavy atom. The number of nitrogens with zero attached hydrogens (tertiary/aromatic N) is 3. The molecule has 0 aliphatic heterocycles. The molecule has 0 radical (unpaired) electrons. The number of aromatic nitrogens is 2. The van der Waals surface area contributed by atoms with Crippen LogP contribution >= 0.6 is 0 Å². The van der Waals surface area contributed by atoms with E-state index >= 15 is 0 Å². The van der Waals surface area contributed by atoms with Crippen LogP contribution in [0.2, 0.25) is 0 Å². The maximum atomic E-state index is 13.4. The number of rotatable bonds is 8. The number of aliphatic hydroxyl groups is 1. The summed E-state index contributed by atoms with van der Waals surface area (Å²) in [6, 6.07) is 10.6. The number of ether oxygens (including phenoxy) is 2. The number of aliphatic imine (C=N–C) groups is 1. The molecule has 12 heteroatoms. The smallest absolute Gasteiger partial charge is 0.442 e. The number of hydrogen-bond acceptors (Lipinski definition) is 6. The predicted molar refractivity (Wildman–Crippen MR) is 135 cm³/mol. The van der Waals surface area contributed by atoms with Crippen LogP contribution in [0.15, 0.2) is 63.1 Å². The lowest BCUT2D eigenvalue weighted by Crippen LogP contribution is -2.43. The fourth-order valence-electron chi connectivity index (χ4n) is 4.06. The summed E-state index contributed by atoms with van der Waals surface area (Å²) in [5.41, 5.74) is -1.55. The molecule has 4 rings (SSSR count). The molecule has 0 amide bonds. The number of alkyl halides is 3. The van der Waals surface area contributed by atoms with E-state index in [0.717, 1.165) is 26.8 Å². The first-order valence-electron chi connectivity index (χ1n) is 12.1. The second-order valence-corrected chi connectivity index (χ2v) is 9.71. The summed E-state index contributed by atoms with van der Waals surface area (Å²) in [5, 5.41) is 10.3. The minimum Gasteiger partial charge on any atom is -0.442 e. The Labute approximate surface area is 220 Å². The van der Waals surface area contributed by atoms with Gasteiger partial charge in [-0.3, -0.25) is 13.9 Å². The standard InChI is InChI=1S/C27H27F4N3O5/c1-16(13-18-7-9-19(28)10-8-18)23(38-20-5-4-6-21(14-20)39-27(29,30)31)32-22-17(2)24(35)34(25(36)33(22)3)15-26(37)11-12-26/h4-10,14,16,37H,11-13,15H2,1-3H3. The summed E-state index contributed by atoms with van der Waals surface area (Å²) in [5.74, 6) is -1.47. The van der Waals surface area contributed by atoms with Crippen molar-refractivity contribution in [3.63, 3.8) is 0 Å². The van der Waals surface area contributed by atoms with Crippen LogP contribution in [0.5, 0.6) is 11.5 Å². The van der Waals surface area contributed by atoms with Crippen molar-refractivity contribution in [2.24, 2.45) is 18.0 Å². The van der Waals surface area contributed by atoms with Crippen molar-refractivity contribution in [2.75, 3.05) is 0 Å². The van der Waals surface area contributed by atoms with E-state index in [2.05, 4.69) is 9.73 Å². The molecule has 39 heavy (non-hydrogen) atoms. The fourth-order valence-corrected chi connectivity index (χ4v) is 4.06. The van der Waals surface area contributed by atoms with Crippen molar-refractivity contribution in [3.05, 3.63) is 86.3 Å². The molecule has 1 saturated carbocycles. The second-order valence-electron chi connectivity index (χ2n) is 9.71. The number of halogens is 4. The lowest BCUT2D eigenvalue weighted by Gasteiger charge is -2.19. The summed E-state index contributed by atoms with van der Waals surface area (Å²) < 4.78 is 63.6. The maximum Gasteiger partial charge on any atom is 0.573 e. The molecule has 0 bridgehead atoms. The molecule has 1 heterocycles. The van der Waals surface area contributed by atoms with Crippen LogP contribution in [0, 0.1) is 18.7 Å². The lowest BCUT2D eigenvalue weighted by atomic mass is 10.0. The normalized spacial score (nSPS) is 15.6. The SMILES string of the molecule is Cc1c(N=C(Oc2cccc(OC(F)(F)F)c2)C(C)Cc2ccc(F)cc2)n(C)c(=O)n(CC2(O)CC2)c1=O. The van der Waals surface area contributed by atoms with Gasteiger partial charge in [0.25, 0.3) is 5.56 Å². The molecule has 0 spiro atoms. The van der Waals surface area contributed by atoms with Gasteiger partial charge in [0.2, 0.25) is 0 Å². The molecule has 208 valence electrons. The van der Waals surface area contributed by atoms with Crippen LogP contribution in [-0.2, 0) is 20.0 Å². The molecule has 3 aromatic rings. The summed E-state index contributed by atoms with van der Waals surface area (Å²) in [6.07, 6.45) is -3.64. The van der Waals surface area contributed by atoms with Gasteiger partial charge in [-0.25, -0.2) is 9.18 Å². The van der Waals surface area contributed by atoms with Crippen molar-refractivity contribution in [2.45, 2.75) is 51.6 Å². The first-order chi connectivity index (χ1) is 18.2. The van der Waals surface area contributed by atoms with Crippen LogP contribution in [0.25, 0.3) is 0 Å². The van der Waals surface area contributed by atoms with Crippen LogP contribution in [0.4, 0.5) is 23.4 Å². The zero-order chi connectivity index (χ0) is 28.5. The van der Waals surface area contributed by atoms with Gasteiger partial charge in [-0.15, -0.1) is 13.2 Å². The highest BCUT2D eigenvalue weighted by Crippen LogP contribution is 2.36. The van der Waals surface area contributed by atoms with Gasteiger partial charge in [0.1, 0.15) is 23.1 Å². The largest absolute Gasteiger partial charge is 0.573 e. The van der Waals surface area contributed by atoms with Gasteiger partial charge < -0.3 is 14.6 Å². The van der Waals surface area contributed by atoms with Gasteiger partial charge in [0, 0.05) is 19.0 Å². The van der Waals surface area contributed by atoms with E-state index in [1.165, 1.54) is 38.2 Å². The van der Waals surface area contributed by atoms with E-state index in [9.17, 15) is 32.3 Å². The fraction of sp³-hybridized carbons (Fsp3) is 0.370. The monoisotopic (exact) mass is 549 g/mol. The molecular formula is C27H27F4N3O5. The zero-order valence-electron chi connectivity index (χ0n) is 21.5. The Hall–Kier alpha value is -3.93. The van der Waals surface area contributed by atoms with Crippen molar-refractivity contribution in [1.82, 2.24) is 9.13 Å². The van der Waals surface area contributed by atoms with Crippen LogP contribution < -0.4 is 20.7 Å². The van der Waals surface area contributed by atoms with Gasteiger partial charge in [-0.05, 0) is 56.0 Å². The Balaban J connectivity index is 1.75. The third kappa shape index (κ3) is 6.94. The molecule has 1 fully saturated rings. The summed E-state index contributed by atoms with van der Waals surface area (Å²) in [7, 11) is 1.42. The summed E-state index contributed by atoms with van der Waals surface area (Å²) >= 11 is 0. The average molecular weight is 550 g/mol. The van der Waals surface area contributed by atoms with Gasteiger partial charge in [-0.1, -0.05) is 25.1 Å². The van der Waals surface area contributed by atoms with Crippen molar-refractivity contribution < 1.29 is 32.1 Å². The molecule has 1 unspecified atom stereocenters. The molecule has 1 aliphatic rings. The molecule has 2 aromatic carbocycles. The molecule has 1 aliphatic carbocycles. The van der Waals surface area contributed by atoms with Crippen molar-refractivity contribution in [1.29, 1.82) is 0 Å². The Morgan fingerprint density at radius 2 is 1.77 bits per heavy atom. The van der Waals surface area contributed by atoms with E-state index in [1.807, 2.05) is 0 Å². The molecule has 0 saturated heterocycles. The van der Waals surface area contributed by atoms with E-state index in [0.29, 0.717) is 19.3 Å². The van der Waals surface area contributed by atoms with E-state index in [1.54, 1.807) is 19.1 Å². The quantitative estimate of drug-likeness (QED) is 0.255. The third-order valence-corrected chi connectivity index (χ3v) is 6.37. The molecule has 1 aromatic heterocycles. The number of hydrogen-bond donors (Lipinski definition) is 1. The van der Waals surface area contributed by atoms with E-state index < -0.39 is 40.7 Å². The topological polar surface area (TPSA) is 95.1 Å². The molecule has 1 atom stereocenters. The first-order valence-corrected chi connectivity index (χ1v) is 12.1. The molecule has 1 N–H and O–H groups in total. The Morgan fingerprint density at radius 1 is 1.13 bits per heavy atom. The van der Waals surface area contributed by atoms with Gasteiger partial charge in [0.05, 0.1) is 17.7 Å². The highest BCUT2D eigenvalue weighted by Gasteiger charge is 2.41. The van der Waals surface area contributed by atoms with Crippen molar-refractivity contribution >= 4 is 11.7 Å².